The first-order valence-electron chi connectivity index (χ1n) is 9.15. The van der Waals surface area contributed by atoms with Crippen molar-refractivity contribution < 1.29 is 19.1 Å². The van der Waals surface area contributed by atoms with Crippen molar-refractivity contribution in [2.24, 2.45) is 0 Å². The van der Waals surface area contributed by atoms with Crippen molar-refractivity contribution in [1.29, 1.82) is 0 Å². The molecule has 1 aliphatic heterocycles. The number of nitrogens with one attached hydrogen (secondary N) is 2. The van der Waals surface area contributed by atoms with Crippen molar-refractivity contribution in [2.45, 2.75) is 31.3 Å². The molecule has 0 bridgehead atoms. The molecule has 7 nitrogen and oxygen atoms in total. The van der Waals surface area contributed by atoms with Crippen LogP contribution >= 0.6 is 11.3 Å². The van der Waals surface area contributed by atoms with Crippen LogP contribution in [0.1, 0.15) is 28.8 Å². The van der Waals surface area contributed by atoms with E-state index in [-0.39, 0.29) is 19.0 Å². The summed E-state index contributed by atoms with van der Waals surface area (Å²) < 4.78 is 5.27. The van der Waals surface area contributed by atoms with E-state index < -0.39 is 17.5 Å². The number of hydrogen-bond donors (Lipinski definition) is 2. The van der Waals surface area contributed by atoms with Gasteiger partial charge in [-0.05, 0) is 36.8 Å². The van der Waals surface area contributed by atoms with E-state index in [2.05, 4.69) is 10.6 Å². The number of amides is 4. The van der Waals surface area contributed by atoms with Crippen LogP contribution in [0.25, 0.3) is 0 Å². The minimum absolute atomic E-state index is 0.256. The van der Waals surface area contributed by atoms with Gasteiger partial charge in [-0.25, -0.2) is 4.79 Å². The predicted octanol–water partition coefficient (Wildman–Crippen LogP) is 2.16. The van der Waals surface area contributed by atoms with E-state index in [0.717, 1.165) is 33.7 Å². The van der Waals surface area contributed by atoms with E-state index in [9.17, 15) is 14.4 Å². The largest absolute Gasteiger partial charge is 0.496 e. The van der Waals surface area contributed by atoms with Crippen molar-refractivity contribution >= 4 is 29.2 Å². The van der Waals surface area contributed by atoms with Gasteiger partial charge >= 0.3 is 6.03 Å². The second-order valence-electron chi connectivity index (χ2n) is 6.93. The van der Waals surface area contributed by atoms with Crippen molar-refractivity contribution in [1.82, 2.24) is 15.5 Å². The summed E-state index contributed by atoms with van der Waals surface area (Å²) in [5.74, 6) is -0.0685. The van der Waals surface area contributed by atoms with Crippen LogP contribution < -0.4 is 15.4 Å². The Morgan fingerprint density at radius 2 is 2.14 bits per heavy atom. The van der Waals surface area contributed by atoms with E-state index in [1.165, 1.54) is 0 Å². The molecule has 8 heteroatoms. The number of benzene rings is 1. The average molecular weight is 399 g/mol. The van der Waals surface area contributed by atoms with E-state index >= 15 is 0 Å². The zero-order chi connectivity index (χ0) is 19.7. The highest BCUT2D eigenvalue weighted by atomic mass is 32.1. The third kappa shape index (κ3) is 3.03. The molecule has 1 aliphatic carbocycles. The van der Waals surface area contributed by atoms with Crippen LogP contribution in [0, 0.1) is 0 Å². The number of imide groups is 1. The number of nitrogens with zero attached hydrogens (tertiary/aromatic N) is 1. The number of urea groups is 1. The second-order valence-corrected chi connectivity index (χ2v) is 7.93. The molecule has 2 aliphatic rings. The summed E-state index contributed by atoms with van der Waals surface area (Å²) in [7, 11) is 1.57. The van der Waals surface area contributed by atoms with Gasteiger partial charge in [0.05, 0.1) is 7.11 Å². The smallest absolute Gasteiger partial charge is 0.325 e. The number of aryl methyl sites for hydroxylation is 1. The first-order chi connectivity index (χ1) is 13.5. The normalized spacial score (nSPS) is 20.8. The average Bonchev–Trinajstić information content (AvgIpc) is 3.27. The third-order valence-corrected chi connectivity index (χ3v) is 6.29. The predicted molar refractivity (Wildman–Crippen MR) is 104 cm³/mol. The summed E-state index contributed by atoms with van der Waals surface area (Å²) >= 11 is 1.60. The molecule has 1 aromatic heterocycles. The minimum atomic E-state index is -1.02. The molecular weight excluding hydrogens is 378 g/mol. The molecule has 1 atom stereocenters. The maximum absolute atomic E-state index is 13.1. The summed E-state index contributed by atoms with van der Waals surface area (Å²) in [5, 5.41) is 7.55. The summed E-state index contributed by atoms with van der Waals surface area (Å²) in [6.07, 6.45) is 2.30. The molecule has 1 aromatic carbocycles. The Kier molecular flexibility index (Phi) is 4.80. The van der Waals surface area contributed by atoms with Crippen LogP contribution in [0.15, 0.2) is 35.7 Å². The fraction of sp³-hybridized carbons (Fsp3) is 0.350. The van der Waals surface area contributed by atoms with E-state index in [4.69, 9.17) is 4.74 Å². The van der Waals surface area contributed by atoms with Crippen molar-refractivity contribution in [3.63, 3.8) is 0 Å². The zero-order valence-electron chi connectivity index (χ0n) is 15.5. The van der Waals surface area contributed by atoms with Gasteiger partial charge in [0.25, 0.3) is 5.91 Å². The van der Waals surface area contributed by atoms with Crippen molar-refractivity contribution in [3.8, 4) is 5.75 Å². The van der Waals surface area contributed by atoms with Crippen LogP contribution in [0.2, 0.25) is 0 Å². The summed E-state index contributed by atoms with van der Waals surface area (Å²) in [6.45, 7) is -0.0483. The topological polar surface area (TPSA) is 87.7 Å². The van der Waals surface area contributed by atoms with Gasteiger partial charge in [0, 0.05) is 22.5 Å². The van der Waals surface area contributed by atoms with Gasteiger partial charge in [-0.15, -0.1) is 11.3 Å². The van der Waals surface area contributed by atoms with Gasteiger partial charge in [0.15, 0.2) is 0 Å². The molecule has 0 unspecified atom stereocenters. The lowest BCUT2D eigenvalue weighted by Crippen LogP contribution is -2.46. The summed E-state index contributed by atoms with van der Waals surface area (Å²) in [5.41, 5.74) is 0.675. The fourth-order valence-corrected chi connectivity index (χ4v) is 4.93. The SMILES string of the molecule is COc1ccccc1CNC(=O)CN1C(=O)N[C@]2(CCCc3sccc32)C1=O. The first-order valence-corrected chi connectivity index (χ1v) is 10.0. The van der Waals surface area contributed by atoms with Gasteiger partial charge in [-0.3, -0.25) is 14.5 Å². The molecule has 1 spiro atoms. The molecular formula is C20H21N3O4S. The number of para-hydroxylation sites is 1. The Morgan fingerprint density at radius 1 is 1.32 bits per heavy atom. The van der Waals surface area contributed by atoms with Gasteiger partial charge in [0.2, 0.25) is 5.91 Å². The van der Waals surface area contributed by atoms with Crippen LogP contribution in [0.4, 0.5) is 4.79 Å². The Labute approximate surface area is 166 Å². The first kappa shape index (κ1) is 18.5. The van der Waals surface area contributed by atoms with Crippen LogP contribution in [0.3, 0.4) is 0 Å². The lowest BCUT2D eigenvalue weighted by molar-refractivity contribution is -0.135. The standard InChI is InChI=1S/C20H21N3O4S/c1-27-15-6-3-2-5-13(15)11-21-17(24)12-23-18(25)20(22-19(23)26)9-4-7-16-14(20)8-10-28-16/h2-3,5-6,8,10H,4,7,9,11-12H2,1H3,(H,21,24)(H,22,26)/t20-/m0/s1. The molecule has 0 saturated carbocycles. The third-order valence-electron chi connectivity index (χ3n) is 5.31. The molecule has 4 amide bonds. The van der Waals surface area contributed by atoms with Crippen LogP contribution in [0.5, 0.6) is 5.75 Å². The molecule has 2 heterocycles. The van der Waals surface area contributed by atoms with Crippen molar-refractivity contribution in [3.05, 3.63) is 51.7 Å². The Hall–Kier alpha value is -2.87. The highest BCUT2D eigenvalue weighted by Crippen LogP contribution is 2.41. The van der Waals surface area contributed by atoms with Crippen molar-refractivity contribution in [2.75, 3.05) is 13.7 Å². The Balaban J connectivity index is 1.45. The number of methoxy groups -OCH3 is 1. The number of hydrogen-bond acceptors (Lipinski definition) is 5. The number of carbonyl (C=O) groups excluding carboxylic acids is 3. The number of ether oxygens (including phenoxy) is 1. The quantitative estimate of drug-likeness (QED) is 0.755. The number of rotatable bonds is 5. The van der Waals surface area contributed by atoms with Crippen LogP contribution in [-0.2, 0) is 28.1 Å². The van der Waals surface area contributed by atoms with E-state index in [0.29, 0.717) is 12.2 Å². The van der Waals surface area contributed by atoms with Gasteiger partial charge in [-0.2, -0.15) is 0 Å². The monoisotopic (exact) mass is 399 g/mol. The van der Waals surface area contributed by atoms with Gasteiger partial charge < -0.3 is 15.4 Å². The van der Waals surface area contributed by atoms with Gasteiger partial charge in [-0.1, -0.05) is 18.2 Å². The highest BCUT2D eigenvalue weighted by Gasteiger charge is 2.54. The van der Waals surface area contributed by atoms with E-state index in [1.807, 2.05) is 35.7 Å². The number of fused-ring (bicyclic) bond motifs is 2. The van der Waals surface area contributed by atoms with Crippen LogP contribution in [-0.4, -0.2) is 36.4 Å². The molecule has 2 N–H and O–H groups in total. The maximum atomic E-state index is 13.1. The minimum Gasteiger partial charge on any atom is -0.496 e. The highest BCUT2D eigenvalue weighted by molar-refractivity contribution is 7.10. The molecule has 2 aromatic rings. The molecule has 28 heavy (non-hydrogen) atoms. The second kappa shape index (κ2) is 7.27. The number of thiophene rings is 1. The summed E-state index contributed by atoms with van der Waals surface area (Å²) in [4.78, 5) is 40.2. The zero-order valence-corrected chi connectivity index (χ0v) is 16.3. The maximum Gasteiger partial charge on any atom is 0.325 e. The Morgan fingerprint density at radius 3 is 2.96 bits per heavy atom. The molecule has 146 valence electrons. The summed E-state index contributed by atoms with van der Waals surface area (Å²) in [6, 6.07) is 8.75. The lowest BCUT2D eigenvalue weighted by atomic mass is 9.80. The molecule has 4 rings (SSSR count). The molecule has 1 saturated heterocycles. The number of carbonyl (C=O) groups is 3. The van der Waals surface area contributed by atoms with E-state index in [1.54, 1.807) is 18.4 Å². The van der Waals surface area contributed by atoms with Gasteiger partial charge in [0.1, 0.15) is 17.8 Å². The molecule has 1 fully saturated rings. The lowest BCUT2D eigenvalue weighted by Gasteiger charge is -2.31. The Bertz CT molecular complexity index is 941. The molecule has 0 radical (unpaired) electrons. The fourth-order valence-electron chi connectivity index (χ4n) is 3.93.